The SMILES string of the molecule is CN=C(NCCCS(C)(=O)=O)NCc1ccc(C)cc1OCCCC(C)C.I. The van der Waals surface area contributed by atoms with E-state index in [0.717, 1.165) is 24.2 Å². The molecule has 0 spiro atoms. The van der Waals surface area contributed by atoms with Crippen molar-refractivity contribution in [2.45, 2.75) is 46.6 Å². The van der Waals surface area contributed by atoms with Gasteiger partial charge in [0.05, 0.1) is 12.4 Å². The lowest BCUT2D eigenvalue weighted by Gasteiger charge is -2.16. The number of nitrogens with zero attached hydrogens (tertiary/aromatic N) is 1. The van der Waals surface area contributed by atoms with Crippen LogP contribution in [0.2, 0.25) is 0 Å². The summed E-state index contributed by atoms with van der Waals surface area (Å²) < 4.78 is 28.4. The van der Waals surface area contributed by atoms with Crippen LogP contribution < -0.4 is 15.4 Å². The maximum absolute atomic E-state index is 11.2. The zero-order valence-corrected chi connectivity index (χ0v) is 20.9. The number of halogens is 1. The van der Waals surface area contributed by atoms with Gasteiger partial charge in [0.25, 0.3) is 0 Å². The minimum absolute atomic E-state index is 0. The second-order valence-electron chi connectivity index (χ2n) is 7.33. The average molecular weight is 525 g/mol. The number of hydrogen-bond donors (Lipinski definition) is 2. The monoisotopic (exact) mass is 525 g/mol. The Hall–Kier alpha value is -1.03. The predicted molar refractivity (Wildman–Crippen MR) is 129 cm³/mol. The van der Waals surface area contributed by atoms with Crippen LogP contribution >= 0.6 is 24.0 Å². The molecule has 1 aromatic rings. The summed E-state index contributed by atoms with van der Waals surface area (Å²) in [4.78, 5) is 4.18. The van der Waals surface area contributed by atoms with Gasteiger partial charge < -0.3 is 15.4 Å². The molecular weight excluding hydrogens is 489 g/mol. The Balaban J connectivity index is 0.00000729. The lowest BCUT2D eigenvalue weighted by atomic mass is 10.1. The molecular formula is C20H36IN3O3S. The van der Waals surface area contributed by atoms with Gasteiger partial charge in [-0.05, 0) is 43.7 Å². The number of nitrogens with one attached hydrogen (secondary N) is 2. The lowest BCUT2D eigenvalue weighted by molar-refractivity contribution is 0.294. The third-order valence-corrected chi connectivity index (χ3v) is 5.09. The van der Waals surface area contributed by atoms with E-state index in [9.17, 15) is 8.42 Å². The van der Waals surface area contributed by atoms with Crippen LogP contribution in [-0.4, -0.2) is 46.6 Å². The van der Waals surface area contributed by atoms with E-state index in [2.05, 4.69) is 54.6 Å². The summed E-state index contributed by atoms with van der Waals surface area (Å²) in [5.41, 5.74) is 2.24. The molecule has 0 aliphatic heterocycles. The van der Waals surface area contributed by atoms with Crippen molar-refractivity contribution in [3.8, 4) is 5.75 Å². The fraction of sp³-hybridized carbons (Fsp3) is 0.650. The maximum Gasteiger partial charge on any atom is 0.191 e. The number of aliphatic imine (C=N–C) groups is 1. The quantitative estimate of drug-likeness (QED) is 0.200. The highest BCUT2D eigenvalue weighted by atomic mass is 127. The summed E-state index contributed by atoms with van der Waals surface area (Å²) in [5.74, 6) is 2.40. The van der Waals surface area contributed by atoms with Crippen LogP contribution in [0.4, 0.5) is 0 Å². The van der Waals surface area contributed by atoms with Gasteiger partial charge in [-0.3, -0.25) is 4.99 Å². The minimum Gasteiger partial charge on any atom is -0.493 e. The summed E-state index contributed by atoms with van der Waals surface area (Å²) in [6, 6.07) is 6.20. The van der Waals surface area contributed by atoms with Crippen molar-refractivity contribution in [1.29, 1.82) is 0 Å². The molecule has 0 atom stereocenters. The molecule has 0 aromatic heterocycles. The van der Waals surface area contributed by atoms with Crippen LogP contribution in [0.5, 0.6) is 5.75 Å². The number of rotatable bonds is 11. The van der Waals surface area contributed by atoms with Gasteiger partial charge in [-0.2, -0.15) is 0 Å². The summed E-state index contributed by atoms with van der Waals surface area (Å²) in [7, 11) is -1.23. The Labute approximate surface area is 187 Å². The van der Waals surface area contributed by atoms with Gasteiger partial charge in [0.1, 0.15) is 15.6 Å². The van der Waals surface area contributed by atoms with Crippen LogP contribution in [0.25, 0.3) is 0 Å². The maximum atomic E-state index is 11.2. The summed E-state index contributed by atoms with van der Waals surface area (Å²) in [5, 5.41) is 6.40. The Morgan fingerprint density at radius 1 is 1.21 bits per heavy atom. The Morgan fingerprint density at radius 2 is 1.93 bits per heavy atom. The molecule has 0 heterocycles. The summed E-state index contributed by atoms with van der Waals surface area (Å²) in [6.07, 6.45) is 4.00. The van der Waals surface area contributed by atoms with E-state index < -0.39 is 9.84 Å². The van der Waals surface area contributed by atoms with Gasteiger partial charge in [-0.1, -0.05) is 26.0 Å². The summed E-state index contributed by atoms with van der Waals surface area (Å²) >= 11 is 0. The third-order valence-electron chi connectivity index (χ3n) is 4.06. The number of hydrogen-bond acceptors (Lipinski definition) is 4. The van der Waals surface area contributed by atoms with Crippen molar-refractivity contribution in [3.05, 3.63) is 29.3 Å². The fourth-order valence-electron chi connectivity index (χ4n) is 2.56. The molecule has 0 unspecified atom stereocenters. The largest absolute Gasteiger partial charge is 0.493 e. The molecule has 8 heteroatoms. The van der Waals surface area contributed by atoms with Crippen molar-refractivity contribution < 1.29 is 13.2 Å². The zero-order valence-electron chi connectivity index (χ0n) is 17.7. The predicted octanol–water partition coefficient (Wildman–Crippen LogP) is 3.53. The second kappa shape index (κ2) is 14.0. The van der Waals surface area contributed by atoms with Crippen LogP contribution in [-0.2, 0) is 16.4 Å². The zero-order chi connectivity index (χ0) is 20.3. The smallest absolute Gasteiger partial charge is 0.191 e. The van der Waals surface area contributed by atoms with Crippen molar-refractivity contribution in [1.82, 2.24) is 10.6 Å². The van der Waals surface area contributed by atoms with Crippen molar-refractivity contribution in [3.63, 3.8) is 0 Å². The van der Waals surface area contributed by atoms with Crippen LogP contribution in [0.3, 0.4) is 0 Å². The Bertz CT molecular complexity index is 707. The number of sulfone groups is 1. The van der Waals surface area contributed by atoms with Crippen LogP contribution in [0.15, 0.2) is 23.2 Å². The Morgan fingerprint density at radius 3 is 2.54 bits per heavy atom. The molecule has 0 fully saturated rings. The highest BCUT2D eigenvalue weighted by Gasteiger charge is 2.07. The number of benzene rings is 1. The molecule has 0 saturated heterocycles. The van der Waals surface area contributed by atoms with E-state index in [1.54, 1.807) is 7.05 Å². The first kappa shape index (κ1) is 27.0. The molecule has 1 aromatic carbocycles. The number of guanidine groups is 1. The first-order chi connectivity index (χ1) is 12.7. The van der Waals surface area contributed by atoms with Gasteiger partial charge >= 0.3 is 0 Å². The van der Waals surface area contributed by atoms with Crippen molar-refractivity contribution >= 4 is 39.8 Å². The molecule has 0 aliphatic carbocycles. The molecule has 1 rings (SSSR count). The van der Waals surface area contributed by atoms with E-state index in [0.29, 0.717) is 38.0 Å². The van der Waals surface area contributed by atoms with Gasteiger partial charge in [0, 0.05) is 32.0 Å². The van der Waals surface area contributed by atoms with Gasteiger partial charge in [0.15, 0.2) is 5.96 Å². The van der Waals surface area contributed by atoms with E-state index in [1.807, 2.05) is 0 Å². The van der Waals surface area contributed by atoms with E-state index in [4.69, 9.17) is 4.74 Å². The highest BCUT2D eigenvalue weighted by Crippen LogP contribution is 2.21. The van der Waals surface area contributed by atoms with Gasteiger partial charge in [0.2, 0.25) is 0 Å². The first-order valence-electron chi connectivity index (χ1n) is 9.56. The summed E-state index contributed by atoms with van der Waals surface area (Å²) in [6.45, 7) is 8.35. The van der Waals surface area contributed by atoms with Crippen molar-refractivity contribution in [2.24, 2.45) is 10.9 Å². The molecule has 6 nitrogen and oxygen atoms in total. The molecule has 0 aliphatic rings. The lowest BCUT2D eigenvalue weighted by Crippen LogP contribution is -2.37. The normalized spacial score (nSPS) is 11.9. The molecule has 28 heavy (non-hydrogen) atoms. The van der Waals surface area contributed by atoms with E-state index >= 15 is 0 Å². The molecule has 0 radical (unpaired) electrons. The van der Waals surface area contributed by atoms with Crippen molar-refractivity contribution in [2.75, 3.05) is 32.2 Å². The highest BCUT2D eigenvalue weighted by molar-refractivity contribution is 14.0. The van der Waals surface area contributed by atoms with E-state index in [1.165, 1.54) is 11.8 Å². The van der Waals surface area contributed by atoms with Gasteiger partial charge in [-0.25, -0.2) is 8.42 Å². The molecule has 162 valence electrons. The van der Waals surface area contributed by atoms with Crippen LogP contribution in [0, 0.1) is 12.8 Å². The fourth-order valence-corrected chi connectivity index (χ4v) is 3.23. The molecule has 0 amide bonds. The molecule has 0 saturated carbocycles. The second-order valence-corrected chi connectivity index (χ2v) is 9.59. The molecule has 0 bridgehead atoms. The molecule has 2 N–H and O–H groups in total. The minimum atomic E-state index is -2.93. The number of ether oxygens (including phenoxy) is 1. The third kappa shape index (κ3) is 12.4. The van der Waals surface area contributed by atoms with E-state index in [-0.39, 0.29) is 29.7 Å². The first-order valence-corrected chi connectivity index (χ1v) is 11.6. The van der Waals surface area contributed by atoms with Crippen LogP contribution in [0.1, 0.15) is 44.2 Å². The Kier molecular flexibility index (Phi) is 13.5. The number of aryl methyl sites for hydroxylation is 1. The van der Waals surface area contributed by atoms with Gasteiger partial charge in [-0.15, -0.1) is 24.0 Å². The average Bonchev–Trinajstić information content (AvgIpc) is 2.58. The standard InChI is InChI=1S/C20H35N3O3S.HI/c1-16(2)8-6-12-26-19-14-17(3)9-10-18(19)15-23-20(21-4)22-11-7-13-27(5,24)25;/h9-10,14,16H,6-8,11-13,15H2,1-5H3,(H2,21,22,23);1H. The topological polar surface area (TPSA) is 79.8 Å².